The zero-order valence-corrected chi connectivity index (χ0v) is 10.5. The molecule has 0 amide bonds. The van der Waals surface area contributed by atoms with Gasteiger partial charge in [0.25, 0.3) is 0 Å². The number of hydrogen-bond acceptors (Lipinski definition) is 3. The summed E-state index contributed by atoms with van der Waals surface area (Å²) in [6.45, 7) is 5.19. The molecule has 5 heteroatoms. The van der Waals surface area contributed by atoms with Crippen LogP contribution in [0.25, 0.3) is 0 Å². The maximum Gasteiger partial charge on any atom is 0.342 e. The summed E-state index contributed by atoms with van der Waals surface area (Å²) in [5.41, 5.74) is -0.443. The van der Waals surface area contributed by atoms with Gasteiger partial charge in [0.2, 0.25) is 0 Å². The number of benzene rings is 1. The number of carboxylic acids is 1. The summed E-state index contributed by atoms with van der Waals surface area (Å²) in [6, 6.07) is 3.92. The van der Waals surface area contributed by atoms with Gasteiger partial charge in [-0.1, -0.05) is 19.9 Å². The Hall–Kier alpha value is -1.62. The van der Waals surface area contributed by atoms with Gasteiger partial charge >= 0.3 is 5.97 Å². The molecule has 0 aromatic heterocycles. The smallest absolute Gasteiger partial charge is 0.342 e. The van der Waals surface area contributed by atoms with Gasteiger partial charge in [0.05, 0.1) is 6.61 Å². The van der Waals surface area contributed by atoms with Gasteiger partial charge in [0.1, 0.15) is 23.7 Å². The number of carbonyl (C=O) groups is 1. The summed E-state index contributed by atoms with van der Waals surface area (Å²) in [5.74, 6) is -1.70. The van der Waals surface area contributed by atoms with Crippen LogP contribution >= 0.6 is 0 Å². The molecule has 18 heavy (non-hydrogen) atoms. The van der Waals surface area contributed by atoms with Crippen molar-refractivity contribution in [3.8, 4) is 5.75 Å². The zero-order chi connectivity index (χ0) is 13.5. The molecule has 0 fully saturated rings. The first-order valence-electron chi connectivity index (χ1n) is 5.74. The predicted octanol–water partition coefficient (Wildman–Crippen LogP) is 2.58. The van der Waals surface area contributed by atoms with E-state index in [1.807, 2.05) is 13.8 Å². The first kappa shape index (κ1) is 14.4. The average molecular weight is 256 g/mol. The Bertz CT molecular complexity index is 404. The lowest BCUT2D eigenvalue weighted by atomic mass is 10.2. The van der Waals surface area contributed by atoms with Crippen molar-refractivity contribution >= 4 is 5.97 Å². The van der Waals surface area contributed by atoms with Crippen LogP contribution in [0.1, 0.15) is 24.2 Å². The van der Waals surface area contributed by atoms with Crippen molar-refractivity contribution in [3.05, 3.63) is 29.6 Å². The second-order valence-corrected chi connectivity index (χ2v) is 4.24. The number of halogens is 1. The van der Waals surface area contributed by atoms with Crippen LogP contribution in [0.2, 0.25) is 0 Å². The second-order valence-electron chi connectivity index (χ2n) is 4.24. The third-order valence-corrected chi connectivity index (χ3v) is 2.13. The van der Waals surface area contributed by atoms with Gasteiger partial charge in [-0.05, 0) is 18.1 Å². The number of hydrogen-bond donors (Lipinski definition) is 1. The first-order chi connectivity index (χ1) is 8.52. The Labute approximate surface area is 105 Å². The van der Waals surface area contributed by atoms with Crippen LogP contribution in [0.5, 0.6) is 5.75 Å². The number of aromatic carboxylic acids is 1. The molecule has 1 rings (SSSR count). The Morgan fingerprint density at radius 3 is 2.72 bits per heavy atom. The standard InChI is InChI=1S/C13H17FO4/c1-9(2)8-17-6-7-18-11-5-3-4-10(14)12(11)13(15)16/h3-5,9H,6-8H2,1-2H3,(H,15,16). The number of rotatable bonds is 7. The van der Waals surface area contributed by atoms with Gasteiger partial charge in [-0.15, -0.1) is 0 Å². The topological polar surface area (TPSA) is 55.8 Å². The van der Waals surface area contributed by atoms with Crippen molar-refractivity contribution in [3.63, 3.8) is 0 Å². The SMILES string of the molecule is CC(C)COCCOc1cccc(F)c1C(=O)O. The highest BCUT2D eigenvalue weighted by Gasteiger charge is 2.16. The molecule has 0 unspecified atom stereocenters. The monoisotopic (exact) mass is 256 g/mol. The summed E-state index contributed by atoms with van der Waals surface area (Å²) in [7, 11) is 0. The summed E-state index contributed by atoms with van der Waals surface area (Å²) < 4.78 is 23.8. The van der Waals surface area contributed by atoms with Crippen LogP contribution in [0.15, 0.2) is 18.2 Å². The molecule has 4 nitrogen and oxygen atoms in total. The van der Waals surface area contributed by atoms with Crippen LogP contribution in [-0.4, -0.2) is 30.9 Å². The molecule has 0 bridgehead atoms. The highest BCUT2D eigenvalue weighted by Crippen LogP contribution is 2.21. The van der Waals surface area contributed by atoms with Crippen molar-refractivity contribution in [1.82, 2.24) is 0 Å². The molecule has 1 N–H and O–H groups in total. The maximum atomic E-state index is 13.3. The van der Waals surface area contributed by atoms with E-state index < -0.39 is 17.3 Å². The molecule has 0 aliphatic heterocycles. The van der Waals surface area contributed by atoms with Crippen molar-refractivity contribution in [2.24, 2.45) is 5.92 Å². The Kier molecular flexibility index (Phi) is 5.58. The van der Waals surface area contributed by atoms with Crippen LogP contribution in [0.4, 0.5) is 4.39 Å². The fourth-order valence-corrected chi connectivity index (χ4v) is 1.36. The molecule has 0 saturated heterocycles. The molecule has 0 heterocycles. The fraction of sp³-hybridized carbons (Fsp3) is 0.462. The quantitative estimate of drug-likeness (QED) is 0.762. The lowest BCUT2D eigenvalue weighted by Crippen LogP contribution is -2.12. The number of carboxylic acid groups (broad SMARTS) is 1. The molecule has 0 saturated carbocycles. The van der Waals surface area contributed by atoms with Crippen molar-refractivity contribution in [1.29, 1.82) is 0 Å². The first-order valence-corrected chi connectivity index (χ1v) is 5.74. The molecular formula is C13H17FO4. The molecule has 0 radical (unpaired) electrons. The maximum absolute atomic E-state index is 13.3. The minimum atomic E-state index is -1.34. The summed E-state index contributed by atoms with van der Waals surface area (Å²) in [4.78, 5) is 10.9. The van der Waals surface area contributed by atoms with Crippen LogP contribution in [-0.2, 0) is 4.74 Å². The highest BCUT2D eigenvalue weighted by molar-refractivity contribution is 5.91. The molecule has 1 aromatic rings. The molecule has 0 aliphatic rings. The van der Waals surface area contributed by atoms with Crippen molar-refractivity contribution in [2.75, 3.05) is 19.8 Å². The predicted molar refractivity (Wildman–Crippen MR) is 64.5 cm³/mol. The molecule has 0 atom stereocenters. The van der Waals surface area contributed by atoms with Crippen molar-refractivity contribution in [2.45, 2.75) is 13.8 Å². The van der Waals surface area contributed by atoms with Crippen molar-refractivity contribution < 1.29 is 23.8 Å². The van der Waals surface area contributed by atoms with E-state index in [0.29, 0.717) is 19.1 Å². The lowest BCUT2D eigenvalue weighted by molar-refractivity contribution is 0.0671. The van der Waals surface area contributed by atoms with E-state index in [9.17, 15) is 9.18 Å². The van der Waals surface area contributed by atoms with Crippen LogP contribution in [0, 0.1) is 11.7 Å². The largest absolute Gasteiger partial charge is 0.490 e. The van der Waals surface area contributed by atoms with Gasteiger partial charge in [-0.3, -0.25) is 0 Å². The third kappa shape index (κ3) is 4.33. The number of ether oxygens (including phenoxy) is 2. The minimum Gasteiger partial charge on any atom is -0.490 e. The summed E-state index contributed by atoms with van der Waals surface area (Å²) >= 11 is 0. The lowest BCUT2D eigenvalue weighted by Gasteiger charge is -2.10. The van der Waals surface area contributed by atoms with E-state index in [-0.39, 0.29) is 12.4 Å². The van der Waals surface area contributed by atoms with E-state index in [1.54, 1.807) is 0 Å². The zero-order valence-electron chi connectivity index (χ0n) is 10.5. The molecule has 0 aliphatic carbocycles. The summed E-state index contributed by atoms with van der Waals surface area (Å²) in [5, 5.41) is 8.87. The normalized spacial score (nSPS) is 10.7. The molecular weight excluding hydrogens is 239 g/mol. The molecule has 0 spiro atoms. The Morgan fingerprint density at radius 2 is 2.11 bits per heavy atom. The Balaban J connectivity index is 2.52. The van der Waals surface area contributed by atoms with Gasteiger partial charge in [0.15, 0.2) is 0 Å². The highest BCUT2D eigenvalue weighted by atomic mass is 19.1. The van der Waals surface area contributed by atoms with E-state index in [2.05, 4.69) is 0 Å². The van der Waals surface area contributed by atoms with Gasteiger partial charge in [-0.25, -0.2) is 9.18 Å². The van der Waals surface area contributed by atoms with E-state index in [0.717, 1.165) is 6.07 Å². The van der Waals surface area contributed by atoms with E-state index in [1.165, 1.54) is 12.1 Å². The van der Waals surface area contributed by atoms with Gasteiger partial charge < -0.3 is 14.6 Å². The second kappa shape index (κ2) is 6.96. The Morgan fingerprint density at radius 1 is 1.39 bits per heavy atom. The minimum absolute atomic E-state index is 0.0237. The molecule has 1 aromatic carbocycles. The average Bonchev–Trinajstić information content (AvgIpc) is 2.27. The summed E-state index contributed by atoms with van der Waals surface area (Å²) in [6.07, 6.45) is 0. The van der Waals surface area contributed by atoms with Crippen LogP contribution < -0.4 is 4.74 Å². The van der Waals surface area contributed by atoms with E-state index >= 15 is 0 Å². The van der Waals surface area contributed by atoms with Crippen LogP contribution in [0.3, 0.4) is 0 Å². The van der Waals surface area contributed by atoms with Gasteiger partial charge in [0, 0.05) is 6.61 Å². The fourth-order valence-electron chi connectivity index (χ4n) is 1.36. The molecule has 100 valence electrons. The third-order valence-electron chi connectivity index (χ3n) is 2.13. The van der Waals surface area contributed by atoms with E-state index in [4.69, 9.17) is 14.6 Å². The van der Waals surface area contributed by atoms with Gasteiger partial charge in [-0.2, -0.15) is 0 Å².